The van der Waals surface area contributed by atoms with Gasteiger partial charge in [0.15, 0.2) is 0 Å². The average molecular weight is 190 g/mol. The number of aromatic nitrogens is 1. The van der Waals surface area contributed by atoms with E-state index in [1.807, 2.05) is 13.0 Å². The molecule has 4 heteroatoms. The number of nitrogens with zero attached hydrogens (tertiary/aromatic N) is 2. The molecular formula is C10H10N2O2. The fourth-order valence-electron chi connectivity index (χ4n) is 1.54. The van der Waals surface area contributed by atoms with Crippen molar-refractivity contribution < 1.29 is 9.59 Å². The molecule has 1 amide bonds. The van der Waals surface area contributed by atoms with Gasteiger partial charge in [-0.3, -0.25) is 14.6 Å². The third kappa shape index (κ3) is 1.28. The molecule has 2 heterocycles. The van der Waals surface area contributed by atoms with Crippen LogP contribution < -0.4 is 4.90 Å². The molecule has 0 spiro atoms. The molecule has 1 aromatic rings. The Balaban J connectivity index is 2.37. The van der Waals surface area contributed by atoms with Gasteiger partial charge in [-0.15, -0.1) is 0 Å². The van der Waals surface area contributed by atoms with Crippen molar-refractivity contribution in [3.63, 3.8) is 0 Å². The number of carbonyl (C=O) groups excluding carboxylic acids is 2. The normalized spacial score (nSPS) is 16.5. The molecule has 0 bridgehead atoms. The topological polar surface area (TPSA) is 50.3 Å². The van der Waals surface area contributed by atoms with Gasteiger partial charge in [0.1, 0.15) is 0 Å². The van der Waals surface area contributed by atoms with Gasteiger partial charge in [-0.1, -0.05) is 0 Å². The molecule has 0 radical (unpaired) electrons. The molecule has 0 aromatic carbocycles. The molecule has 1 saturated heterocycles. The van der Waals surface area contributed by atoms with Gasteiger partial charge in [-0.25, -0.2) is 0 Å². The van der Waals surface area contributed by atoms with E-state index >= 15 is 0 Å². The molecule has 0 unspecified atom stereocenters. The number of Topliss-reactive ketones (excluding diaryl/α,β-unsaturated/α-hetero) is 1. The number of hydrogen-bond acceptors (Lipinski definition) is 3. The quantitative estimate of drug-likeness (QED) is 0.612. The summed E-state index contributed by atoms with van der Waals surface area (Å²) in [5.41, 5.74) is 1.70. The molecule has 0 N–H and O–H groups in total. The van der Waals surface area contributed by atoms with Gasteiger partial charge >= 0.3 is 0 Å². The fourth-order valence-corrected chi connectivity index (χ4v) is 1.54. The molecule has 1 aromatic heterocycles. The number of hydrogen-bond donors (Lipinski definition) is 0. The van der Waals surface area contributed by atoms with E-state index in [2.05, 4.69) is 4.98 Å². The van der Waals surface area contributed by atoms with Crippen molar-refractivity contribution in [2.75, 3.05) is 11.4 Å². The highest BCUT2D eigenvalue weighted by molar-refractivity contribution is 6.43. The lowest BCUT2D eigenvalue weighted by molar-refractivity contribution is -0.133. The first-order valence-electron chi connectivity index (χ1n) is 4.45. The average Bonchev–Trinajstić information content (AvgIpc) is 2.49. The van der Waals surface area contributed by atoms with Gasteiger partial charge in [-0.2, -0.15) is 0 Å². The highest BCUT2D eigenvalue weighted by atomic mass is 16.2. The summed E-state index contributed by atoms with van der Waals surface area (Å²) in [7, 11) is 0. The molecule has 0 atom stereocenters. The second-order valence-corrected chi connectivity index (χ2v) is 3.29. The molecule has 0 aliphatic carbocycles. The van der Waals surface area contributed by atoms with Crippen LogP contribution in [0.15, 0.2) is 18.5 Å². The number of anilines is 1. The lowest BCUT2D eigenvalue weighted by Crippen LogP contribution is -2.27. The van der Waals surface area contributed by atoms with Crippen LogP contribution in [0.5, 0.6) is 0 Å². The van der Waals surface area contributed by atoms with Crippen LogP contribution in [0, 0.1) is 6.92 Å². The first kappa shape index (κ1) is 8.87. The summed E-state index contributed by atoms with van der Waals surface area (Å²) in [6.45, 7) is 2.37. The molecule has 14 heavy (non-hydrogen) atoms. The summed E-state index contributed by atoms with van der Waals surface area (Å²) >= 11 is 0. The lowest BCUT2D eigenvalue weighted by atomic mass is 10.2. The maximum absolute atomic E-state index is 11.4. The van der Waals surface area contributed by atoms with Crippen molar-refractivity contribution >= 4 is 17.4 Å². The largest absolute Gasteiger partial charge is 0.304 e. The van der Waals surface area contributed by atoms with E-state index in [4.69, 9.17) is 0 Å². The standard InChI is InChI=1S/C10H10N2O2/c1-7-2-4-11-6-8(7)12-5-3-9(13)10(12)14/h2,4,6H,3,5H2,1H3. The van der Waals surface area contributed by atoms with Crippen molar-refractivity contribution in [3.8, 4) is 0 Å². The van der Waals surface area contributed by atoms with Crippen LogP contribution in [0.4, 0.5) is 5.69 Å². The second-order valence-electron chi connectivity index (χ2n) is 3.29. The minimum atomic E-state index is -0.416. The van der Waals surface area contributed by atoms with Gasteiger partial charge in [-0.05, 0) is 18.6 Å². The summed E-state index contributed by atoms with van der Waals surface area (Å²) in [4.78, 5) is 27.9. The van der Waals surface area contributed by atoms with Crippen molar-refractivity contribution in [2.45, 2.75) is 13.3 Å². The van der Waals surface area contributed by atoms with E-state index in [1.165, 1.54) is 4.90 Å². The predicted octanol–water partition coefficient (Wildman–Crippen LogP) is 0.696. The molecular weight excluding hydrogens is 180 g/mol. The van der Waals surface area contributed by atoms with Gasteiger partial charge in [0.2, 0.25) is 5.78 Å². The van der Waals surface area contributed by atoms with E-state index < -0.39 is 5.91 Å². The van der Waals surface area contributed by atoms with Crippen LogP contribution in [-0.2, 0) is 9.59 Å². The Morgan fingerprint density at radius 2 is 2.21 bits per heavy atom. The minimum absolute atomic E-state index is 0.312. The Morgan fingerprint density at radius 3 is 2.79 bits per heavy atom. The molecule has 72 valence electrons. The van der Waals surface area contributed by atoms with Crippen LogP contribution in [0.25, 0.3) is 0 Å². The number of pyridine rings is 1. The van der Waals surface area contributed by atoms with Gasteiger partial charge in [0.25, 0.3) is 5.91 Å². The maximum Gasteiger partial charge on any atom is 0.294 e. The Bertz CT molecular complexity index is 401. The summed E-state index contributed by atoms with van der Waals surface area (Å²) in [5, 5.41) is 0. The summed E-state index contributed by atoms with van der Waals surface area (Å²) < 4.78 is 0. The van der Waals surface area contributed by atoms with Crippen molar-refractivity contribution in [2.24, 2.45) is 0 Å². The van der Waals surface area contributed by atoms with E-state index in [9.17, 15) is 9.59 Å². The van der Waals surface area contributed by atoms with E-state index in [-0.39, 0.29) is 5.78 Å². The second kappa shape index (κ2) is 3.21. The zero-order valence-electron chi connectivity index (χ0n) is 7.86. The predicted molar refractivity (Wildman–Crippen MR) is 51.0 cm³/mol. The van der Waals surface area contributed by atoms with Crippen LogP contribution in [-0.4, -0.2) is 23.2 Å². The Morgan fingerprint density at radius 1 is 1.43 bits per heavy atom. The molecule has 4 nitrogen and oxygen atoms in total. The first-order chi connectivity index (χ1) is 6.70. The van der Waals surface area contributed by atoms with Crippen molar-refractivity contribution in [3.05, 3.63) is 24.0 Å². The SMILES string of the molecule is Cc1ccncc1N1CCC(=O)C1=O. The third-order valence-electron chi connectivity index (χ3n) is 2.35. The van der Waals surface area contributed by atoms with Gasteiger partial charge < -0.3 is 4.90 Å². The van der Waals surface area contributed by atoms with Crippen LogP contribution >= 0.6 is 0 Å². The first-order valence-corrected chi connectivity index (χ1v) is 4.45. The van der Waals surface area contributed by atoms with E-state index in [0.717, 1.165) is 11.3 Å². The summed E-state index contributed by atoms with van der Waals surface area (Å²) in [6, 6.07) is 1.82. The monoisotopic (exact) mass is 190 g/mol. The lowest BCUT2D eigenvalue weighted by Gasteiger charge is -2.15. The van der Waals surface area contributed by atoms with E-state index in [0.29, 0.717) is 13.0 Å². The van der Waals surface area contributed by atoms with Crippen LogP contribution in [0.1, 0.15) is 12.0 Å². The molecule has 2 rings (SSSR count). The Hall–Kier alpha value is -1.71. The zero-order chi connectivity index (χ0) is 10.1. The number of rotatable bonds is 1. The minimum Gasteiger partial charge on any atom is -0.304 e. The van der Waals surface area contributed by atoms with Crippen LogP contribution in [0.3, 0.4) is 0 Å². The van der Waals surface area contributed by atoms with Crippen molar-refractivity contribution in [1.82, 2.24) is 4.98 Å². The summed E-state index contributed by atoms with van der Waals surface area (Å²) in [6.07, 6.45) is 3.60. The Kier molecular flexibility index (Phi) is 2.04. The molecule has 1 fully saturated rings. The highest BCUT2D eigenvalue weighted by Gasteiger charge is 2.30. The fraction of sp³-hybridized carbons (Fsp3) is 0.300. The molecule has 1 aliphatic heterocycles. The van der Waals surface area contributed by atoms with E-state index in [1.54, 1.807) is 12.4 Å². The summed E-state index contributed by atoms with van der Waals surface area (Å²) in [5.74, 6) is -0.727. The number of amides is 1. The van der Waals surface area contributed by atoms with Crippen LogP contribution in [0.2, 0.25) is 0 Å². The smallest absolute Gasteiger partial charge is 0.294 e. The van der Waals surface area contributed by atoms with Gasteiger partial charge in [0.05, 0.1) is 11.9 Å². The zero-order valence-corrected chi connectivity index (χ0v) is 7.86. The molecule has 1 aliphatic rings. The number of carbonyl (C=O) groups is 2. The number of ketones is 1. The Labute approximate surface area is 81.6 Å². The molecule has 0 saturated carbocycles. The third-order valence-corrected chi connectivity index (χ3v) is 2.35. The van der Waals surface area contributed by atoms with Crippen molar-refractivity contribution in [1.29, 1.82) is 0 Å². The number of aryl methyl sites for hydroxylation is 1. The van der Waals surface area contributed by atoms with Gasteiger partial charge in [0, 0.05) is 19.2 Å². The highest BCUT2D eigenvalue weighted by Crippen LogP contribution is 2.21. The maximum atomic E-state index is 11.4.